The normalized spacial score (nSPS) is 20.1. The van der Waals surface area contributed by atoms with Gasteiger partial charge in [-0.3, -0.25) is 14.4 Å². The first-order chi connectivity index (χ1) is 15.9. The quantitative estimate of drug-likeness (QED) is 0.628. The molecule has 1 aromatic heterocycles. The van der Waals surface area contributed by atoms with Gasteiger partial charge in [-0.2, -0.15) is 0 Å². The molecule has 0 spiro atoms. The van der Waals surface area contributed by atoms with Crippen molar-refractivity contribution in [1.82, 2.24) is 15.2 Å². The number of fused-ring (bicyclic) bond motifs is 1. The Balaban J connectivity index is 1.45. The highest BCUT2D eigenvalue weighted by Crippen LogP contribution is 2.24. The van der Waals surface area contributed by atoms with Crippen LogP contribution in [0.2, 0.25) is 0 Å². The van der Waals surface area contributed by atoms with Crippen molar-refractivity contribution >= 4 is 34.3 Å². The summed E-state index contributed by atoms with van der Waals surface area (Å²) in [6.45, 7) is 4.43. The molecule has 1 aromatic carbocycles. The molecule has 0 radical (unpaired) electrons. The van der Waals surface area contributed by atoms with Crippen molar-refractivity contribution in [2.45, 2.75) is 76.9 Å². The molecule has 2 atom stereocenters. The summed E-state index contributed by atoms with van der Waals surface area (Å²) in [7, 11) is 0. The number of benzene rings is 1. The van der Waals surface area contributed by atoms with Crippen LogP contribution < -0.4 is 10.6 Å². The maximum absolute atomic E-state index is 13.5. The largest absolute Gasteiger partial charge is 0.358 e. The van der Waals surface area contributed by atoms with E-state index in [0.29, 0.717) is 18.8 Å². The number of aromatic nitrogens is 1. The Labute approximate surface area is 195 Å². The number of likely N-dealkylation sites (tertiary alicyclic amines) is 1. The fourth-order valence-electron chi connectivity index (χ4n) is 4.96. The van der Waals surface area contributed by atoms with Crippen LogP contribution in [0.25, 0.3) is 10.9 Å². The van der Waals surface area contributed by atoms with Crippen molar-refractivity contribution in [2.75, 3.05) is 11.9 Å². The van der Waals surface area contributed by atoms with Crippen LogP contribution in [0.15, 0.2) is 36.4 Å². The molecule has 4 rings (SSSR count). The third-order valence-electron chi connectivity index (χ3n) is 6.84. The number of anilines is 1. The molecule has 2 N–H and O–H groups in total. The van der Waals surface area contributed by atoms with Crippen molar-refractivity contribution in [3.63, 3.8) is 0 Å². The lowest BCUT2D eigenvalue weighted by atomic mass is 9.95. The second-order valence-corrected chi connectivity index (χ2v) is 9.62. The number of para-hydroxylation sites is 1. The smallest absolute Gasteiger partial charge is 0.289 e. The van der Waals surface area contributed by atoms with Crippen LogP contribution in [0.1, 0.15) is 58.8 Å². The molecule has 176 valence electrons. The van der Waals surface area contributed by atoms with E-state index < -0.39 is 23.8 Å². The third kappa shape index (κ3) is 5.34. The summed E-state index contributed by atoms with van der Waals surface area (Å²) in [5.41, 5.74) is 0.853. The summed E-state index contributed by atoms with van der Waals surface area (Å²) in [6, 6.07) is 10.5. The van der Waals surface area contributed by atoms with Crippen LogP contribution >= 0.6 is 0 Å². The van der Waals surface area contributed by atoms with Gasteiger partial charge in [0, 0.05) is 18.0 Å². The van der Waals surface area contributed by atoms with Gasteiger partial charge in [-0.05, 0) is 49.8 Å². The molecule has 2 fully saturated rings. The standard InChI is InChI=1S/C26H34N4O3/c1-17(2)23(29-22-15-14-18-9-6-7-12-20(18)28-22)26(33)30-16-8-13-21(30)24(31)25(32)27-19-10-4-3-5-11-19/h6-7,9,12,14-15,17,19,21,23H,3-5,8,10-11,13,16H2,1-2H3,(H,27,32)(H,28,29)/t21-,23-/m0/s1. The Kier molecular flexibility index (Phi) is 7.26. The van der Waals surface area contributed by atoms with Gasteiger partial charge in [-0.25, -0.2) is 4.98 Å². The second kappa shape index (κ2) is 10.3. The number of nitrogens with one attached hydrogen (secondary N) is 2. The summed E-state index contributed by atoms with van der Waals surface area (Å²) >= 11 is 0. The van der Waals surface area contributed by atoms with E-state index in [4.69, 9.17) is 0 Å². The van der Waals surface area contributed by atoms with Crippen LogP contribution in [-0.4, -0.2) is 52.2 Å². The van der Waals surface area contributed by atoms with E-state index in [2.05, 4.69) is 15.6 Å². The van der Waals surface area contributed by atoms with Gasteiger partial charge in [0.15, 0.2) is 0 Å². The van der Waals surface area contributed by atoms with Gasteiger partial charge in [0.1, 0.15) is 17.9 Å². The lowest BCUT2D eigenvalue weighted by Crippen LogP contribution is -2.53. The first-order valence-electron chi connectivity index (χ1n) is 12.2. The molecule has 2 amide bonds. The average Bonchev–Trinajstić information content (AvgIpc) is 3.32. The van der Waals surface area contributed by atoms with Gasteiger partial charge >= 0.3 is 0 Å². The van der Waals surface area contributed by atoms with Crippen LogP contribution in [0, 0.1) is 5.92 Å². The van der Waals surface area contributed by atoms with Gasteiger partial charge in [-0.1, -0.05) is 51.3 Å². The Bertz CT molecular complexity index is 1020. The summed E-state index contributed by atoms with van der Waals surface area (Å²) < 4.78 is 0. The van der Waals surface area contributed by atoms with Gasteiger partial charge in [-0.15, -0.1) is 0 Å². The first kappa shape index (κ1) is 23.2. The Hall–Kier alpha value is -2.96. The number of amides is 2. The highest BCUT2D eigenvalue weighted by atomic mass is 16.2. The second-order valence-electron chi connectivity index (χ2n) is 9.62. The molecule has 7 heteroatoms. The first-order valence-corrected chi connectivity index (χ1v) is 12.2. The van der Waals surface area contributed by atoms with Crippen molar-refractivity contribution in [2.24, 2.45) is 5.92 Å². The molecular formula is C26H34N4O3. The number of pyridine rings is 1. The minimum absolute atomic E-state index is 0.0156. The predicted molar refractivity (Wildman–Crippen MR) is 129 cm³/mol. The number of ketones is 1. The van der Waals surface area contributed by atoms with Gasteiger partial charge in [0.25, 0.3) is 5.91 Å². The van der Waals surface area contributed by atoms with Crippen molar-refractivity contribution in [3.05, 3.63) is 36.4 Å². The lowest BCUT2D eigenvalue weighted by molar-refractivity contribution is -0.145. The van der Waals surface area contributed by atoms with Crippen molar-refractivity contribution in [3.8, 4) is 0 Å². The lowest BCUT2D eigenvalue weighted by Gasteiger charge is -2.31. The van der Waals surface area contributed by atoms with E-state index in [-0.39, 0.29) is 17.9 Å². The molecule has 2 aromatic rings. The monoisotopic (exact) mass is 450 g/mol. The van der Waals surface area contributed by atoms with Crippen molar-refractivity contribution in [1.29, 1.82) is 0 Å². The maximum atomic E-state index is 13.5. The summed E-state index contributed by atoms with van der Waals surface area (Å²) in [5, 5.41) is 7.23. The molecule has 1 aliphatic carbocycles. The molecular weight excluding hydrogens is 416 g/mol. The zero-order valence-electron chi connectivity index (χ0n) is 19.5. The predicted octanol–water partition coefficient (Wildman–Crippen LogP) is 3.68. The number of carbonyl (C=O) groups is 3. The van der Waals surface area contributed by atoms with Crippen LogP contribution in [-0.2, 0) is 14.4 Å². The van der Waals surface area contributed by atoms with E-state index >= 15 is 0 Å². The van der Waals surface area contributed by atoms with E-state index in [0.717, 1.165) is 43.0 Å². The number of hydrogen-bond acceptors (Lipinski definition) is 5. The highest BCUT2D eigenvalue weighted by Gasteiger charge is 2.40. The number of rotatable bonds is 7. The highest BCUT2D eigenvalue weighted by molar-refractivity contribution is 6.38. The average molecular weight is 451 g/mol. The molecule has 1 aliphatic heterocycles. The molecule has 2 aliphatic rings. The molecule has 2 heterocycles. The van der Waals surface area contributed by atoms with Crippen LogP contribution in [0.5, 0.6) is 0 Å². The molecule has 0 bridgehead atoms. The molecule has 1 saturated carbocycles. The molecule has 33 heavy (non-hydrogen) atoms. The SMILES string of the molecule is CC(C)[C@H](Nc1ccc2ccccc2n1)C(=O)N1CCC[C@H]1C(=O)C(=O)NC1CCCCC1. The van der Waals surface area contributed by atoms with E-state index in [9.17, 15) is 14.4 Å². The fourth-order valence-corrected chi connectivity index (χ4v) is 4.96. The van der Waals surface area contributed by atoms with Crippen molar-refractivity contribution < 1.29 is 14.4 Å². The number of carbonyl (C=O) groups excluding carboxylic acids is 3. The van der Waals surface area contributed by atoms with Crippen LogP contribution in [0.4, 0.5) is 5.82 Å². The van der Waals surface area contributed by atoms with Gasteiger partial charge in [0.2, 0.25) is 11.7 Å². The number of Topliss-reactive ketones (excluding diaryl/α,β-unsaturated/α-hetero) is 1. The molecule has 7 nitrogen and oxygen atoms in total. The Morgan fingerprint density at radius 2 is 1.73 bits per heavy atom. The number of hydrogen-bond donors (Lipinski definition) is 2. The fraction of sp³-hybridized carbons (Fsp3) is 0.538. The van der Waals surface area contributed by atoms with E-state index in [1.165, 1.54) is 6.42 Å². The molecule has 1 saturated heterocycles. The van der Waals surface area contributed by atoms with Crippen LogP contribution in [0.3, 0.4) is 0 Å². The number of nitrogens with zero attached hydrogens (tertiary/aromatic N) is 2. The molecule has 0 unspecified atom stereocenters. The summed E-state index contributed by atoms with van der Waals surface area (Å²) in [4.78, 5) is 45.4. The van der Waals surface area contributed by atoms with E-state index in [1.54, 1.807) is 4.90 Å². The Morgan fingerprint density at radius 1 is 0.970 bits per heavy atom. The van der Waals surface area contributed by atoms with Gasteiger partial charge < -0.3 is 15.5 Å². The Morgan fingerprint density at radius 3 is 2.48 bits per heavy atom. The topological polar surface area (TPSA) is 91.4 Å². The summed E-state index contributed by atoms with van der Waals surface area (Å²) in [6.07, 6.45) is 6.44. The summed E-state index contributed by atoms with van der Waals surface area (Å²) in [5.74, 6) is -0.577. The zero-order valence-corrected chi connectivity index (χ0v) is 19.5. The third-order valence-corrected chi connectivity index (χ3v) is 6.84. The van der Waals surface area contributed by atoms with Gasteiger partial charge in [0.05, 0.1) is 5.52 Å². The zero-order chi connectivity index (χ0) is 23.4. The maximum Gasteiger partial charge on any atom is 0.289 e. The minimum atomic E-state index is -0.686. The van der Waals surface area contributed by atoms with E-state index in [1.807, 2.05) is 50.2 Å². The minimum Gasteiger partial charge on any atom is -0.358 e.